The Kier molecular flexibility index (Phi) is 5.59. The van der Waals surface area contributed by atoms with Gasteiger partial charge in [0.1, 0.15) is 17.3 Å². The molecule has 6 nitrogen and oxygen atoms in total. The van der Waals surface area contributed by atoms with E-state index in [0.717, 1.165) is 4.90 Å². The summed E-state index contributed by atoms with van der Waals surface area (Å²) >= 11 is 0. The number of rotatable bonds is 6. The van der Waals surface area contributed by atoms with E-state index in [4.69, 9.17) is 9.47 Å². The average molecular weight is 436 g/mol. The number of ether oxygens (including phenoxy) is 2. The van der Waals surface area contributed by atoms with Crippen LogP contribution in [0.2, 0.25) is 0 Å². The summed E-state index contributed by atoms with van der Waals surface area (Å²) in [6, 6.07) is 15.2. The molecule has 0 atom stereocenters. The zero-order valence-electron chi connectivity index (χ0n) is 17.2. The number of anilines is 2. The quantitative estimate of drug-likeness (QED) is 0.581. The van der Waals surface area contributed by atoms with E-state index >= 15 is 0 Å². The Bertz CT molecular complexity index is 1220. The van der Waals surface area contributed by atoms with Crippen LogP contribution in [0.1, 0.15) is 5.56 Å². The van der Waals surface area contributed by atoms with Gasteiger partial charge in [-0.2, -0.15) is 0 Å². The molecule has 1 heterocycles. The fourth-order valence-corrected chi connectivity index (χ4v) is 3.41. The minimum Gasteiger partial charge on any atom is -0.493 e. The highest BCUT2D eigenvalue weighted by Gasteiger charge is 2.40. The van der Waals surface area contributed by atoms with Crippen LogP contribution in [0, 0.1) is 11.6 Å². The van der Waals surface area contributed by atoms with Crippen molar-refractivity contribution in [2.75, 3.05) is 24.4 Å². The molecule has 0 radical (unpaired) electrons. The predicted molar refractivity (Wildman–Crippen MR) is 115 cm³/mol. The molecule has 0 unspecified atom stereocenters. The maximum Gasteiger partial charge on any atom is 0.282 e. The molecule has 0 aliphatic carbocycles. The molecule has 3 aromatic carbocycles. The van der Waals surface area contributed by atoms with Gasteiger partial charge in [0, 0.05) is 11.8 Å². The predicted octanol–water partition coefficient (Wildman–Crippen LogP) is 4.38. The maximum atomic E-state index is 13.5. The van der Waals surface area contributed by atoms with Crippen molar-refractivity contribution in [3.63, 3.8) is 0 Å². The third-order valence-electron chi connectivity index (χ3n) is 4.96. The van der Waals surface area contributed by atoms with Crippen LogP contribution in [0.3, 0.4) is 0 Å². The first-order valence-corrected chi connectivity index (χ1v) is 9.56. The molecular formula is C24H18F2N2O4. The average Bonchev–Trinajstić information content (AvgIpc) is 3.04. The summed E-state index contributed by atoms with van der Waals surface area (Å²) in [5.74, 6) is -1.36. The van der Waals surface area contributed by atoms with E-state index < -0.39 is 23.4 Å². The van der Waals surface area contributed by atoms with Crippen LogP contribution >= 0.6 is 0 Å². The van der Waals surface area contributed by atoms with Crippen LogP contribution in [-0.2, 0) is 9.59 Å². The number of hydrogen-bond acceptors (Lipinski definition) is 5. The molecule has 162 valence electrons. The lowest BCUT2D eigenvalue weighted by Crippen LogP contribution is -2.32. The van der Waals surface area contributed by atoms with Gasteiger partial charge in [-0.15, -0.1) is 0 Å². The first-order valence-electron chi connectivity index (χ1n) is 9.56. The van der Waals surface area contributed by atoms with Gasteiger partial charge in [-0.3, -0.25) is 9.59 Å². The number of benzene rings is 3. The van der Waals surface area contributed by atoms with Gasteiger partial charge < -0.3 is 14.8 Å². The number of nitrogens with zero attached hydrogens (tertiary/aromatic N) is 1. The second-order valence-corrected chi connectivity index (χ2v) is 6.87. The van der Waals surface area contributed by atoms with E-state index in [2.05, 4.69) is 5.32 Å². The Balaban J connectivity index is 1.80. The largest absolute Gasteiger partial charge is 0.493 e. The number of hydrogen-bond donors (Lipinski definition) is 1. The smallest absolute Gasteiger partial charge is 0.282 e. The minimum absolute atomic E-state index is 0.0111. The molecular weight excluding hydrogens is 418 g/mol. The first-order chi connectivity index (χ1) is 15.4. The number of halogens is 2. The van der Waals surface area contributed by atoms with Gasteiger partial charge in [0.2, 0.25) is 0 Å². The van der Waals surface area contributed by atoms with E-state index in [1.165, 1.54) is 68.8 Å². The highest BCUT2D eigenvalue weighted by atomic mass is 19.1. The monoisotopic (exact) mass is 436 g/mol. The molecule has 0 saturated heterocycles. The molecule has 0 aromatic heterocycles. The van der Waals surface area contributed by atoms with Crippen LogP contribution in [0.25, 0.3) is 5.57 Å². The van der Waals surface area contributed by atoms with Gasteiger partial charge in [0.25, 0.3) is 11.8 Å². The SMILES string of the molecule is COc1ccc(N2C(=O)C(Nc3ccc(F)cc3)=C(c3ccc(F)cc3)C2=O)cc1OC. The van der Waals surface area contributed by atoms with Crippen molar-refractivity contribution in [1.29, 1.82) is 0 Å². The summed E-state index contributed by atoms with van der Waals surface area (Å²) < 4.78 is 37.3. The highest BCUT2D eigenvalue weighted by Crippen LogP contribution is 2.37. The lowest BCUT2D eigenvalue weighted by atomic mass is 10.0. The number of carbonyl (C=O) groups is 2. The van der Waals surface area contributed by atoms with Crippen LogP contribution in [-0.4, -0.2) is 26.0 Å². The number of carbonyl (C=O) groups excluding carboxylic acids is 2. The molecule has 0 bridgehead atoms. The van der Waals surface area contributed by atoms with E-state index in [0.29, 0.717) is 22.7 Å². The number of nitrogens with one attached hydrogen (secondary N) is 1. The van der Waals surface area contributed by atoms with Gasteiger partial charge in [-0.05, 0) is 54.1 Å². The van der Waals surface area contributed by atoms with Gasteiger partial charge >= 0.3 is 0 Å². The summed E-state index contributed by atoms with van der Waals surface area (Å²) in [6.07, 6.45) is 0. The second kappa shape index (κ2) is 8.50. The van der Waals surface area contributed by atoms with Crippen molar-refractivity contribution in [1.82, 2.24) is 0 Å². The lowest BCUT2D eigenvalue weighted by molar-refractivity contribution is -0.120. The Hall–Kier alpha value is -4.20. The van der Waals surface area contributed by atoms with Gasteiger partial charge in [0.15, 0.2) is 11.5 Å². The molecule has 8 heteroatoms. The molecule has 1 aliphatic rings. The third kappa shape index (κ3) is 3.78. The van der Waals surface area contributed by atoms with E-state index in [1.807, 2.05) is 0 Å². The van der Waals surface area contributed by atoms with Gasteiger partial charge in [0.05, 0.1) is 25.5 Å². The zero-order valence-corrected chi connectivity index (χ0v) is 17.2. The van der Waals surface area contributed by atoms with Gasteiger partial charge in [-0.25, -0.2) is 13.7 Å². The molecule has 1 aliphatic heterocycles. The van der Waals surface area contributed by atoms with E-state index in [1.54, 1.807) is 12.1 Å². The summed E-state index contributed by atoms with van der Waals surface area (Å²) in [5, 5.41) is 2.91. The van der Waals surface area contributed by atoms with Crippen molar-refractivity contribution in [2.45, 2.75) is 0 Å². The van der Waals surface area contributed by atoms with Crippen LogP contribution in [0.4, 0.5) is 20.2 Å². The zero-order chi connectivity index (χ0) is 22.8. The van der Waals surface area contributed by atoms with Crippen LogP contribution in [0.5, 0.6) is 11.5 Å². The number of imide groups is 1. The van der Waals surface area contributed by atoms with Crippen molar-refractivity contribution < 1.29 is 27.8 Å². The molecule has 2 amide bonds. The standard InChI is InChI=1S/C24H18F2N2O4/c1-31-19-12-11-18(13-20(19)32-2)28-23(29)21(14-3-5-15(25)6-4-14)22(24(28)30)27-17-9-7-16(26)8-10-17/h3-13,27H,1-2H3. The molecule has 32 heavy (non-hydrogen) atoms. The summed E-state index contributed by atoms with van der Waals surface area (Å²) in [5.41, 5.74) is 1.10. The molecule has 3 aromatic rings. The van der Waals surface area contributed by atoms with Crippen molar-refractivity contribution in [3.05, 3.63) is 89.6 Å². The maximum absolute atomic E-state index is 13.5. The fraction of sp³-hybridized carbons (Fsp3) is 0.0833. The lowest BCUT2D eigenvalue weighted by Gasteiger charge is -2.17. The topological polar surface area (TPSA) is 67.9 Å². The summed E-state index contributed by atoms with van der Waals surface area (Å²) in [4.78, 5) is 27.7. The summed E-state index contributed by atoms with van der Waals surface area (Å²) in [7, 11) is 2.92. The summed E-state index contributed by atoms with van der Waals surface area (Å²) in [6.45, 7) is 0. The Morgan fingerprint density at radius 2 is 1.34 bits per heavy atom. The molecule has 0 fully saturated rings. The first kappa shape index (κ1) is 21.0. The normalized spacial score (nSPS) is 13.6. The Morgan fingerprint density at radius 1 is 0.750 bits per heavy atom. The van der Waals surface area contributed by atoms with E-state index in [9.17, 15) is 18.4 Å². The number of methoxy groups -OCH3 is 2. The van der Waals surface area contributed by atoms with Crippen molar-refractivity contribution in [3.8, 4) is 11.5 Å². The fourth-order valence-electron chi connectivity index (χ4n) is 3.41. The molecule has 1 N–H and O–H groups in total. The Morgan fingerprint density at radius 3 is 1.94 bits per heavy atom. The van der Waals surface area contributed by atoms with E-state index in [-0.39, 0.29) is 17.0 Å². The van der Waals surface area contributed by atoms with Crippen molar-refractivity contribution >= 4 is 28.8 Å². The van der Waals surface area contributed by atoms with Crippen LogP contribution in [0.15, 0.2) is 72.4 Å². The van der Waals surface area contributed by atoms with Crippen molar-refractivity contribution in [2.24, 2.45) is 0 Å². The van der Waals surface area contributed by atoms with Gasteiger partial charge in [-0.1, -0.05) is 12.1 Å². The Labute approximate surface area is 182 Å². The molecule has 4 rings (SSSR count). The minimum atomic E-state index is -0.620. The third-order valence-corrected chi connectivity index (χ3v) is 4.96. The van der Waals surface area contributed by atoms with Crippen LogP contribution < -0.4 is 19.7 Å². The second-order valence-electron chi connectivity index (χ2n) is 6.87. The molecule has 0 saturated carbocycles. The highest BCUT2D eigenvalue weighted by molar-refractivity contribution is 6.46. The molecule has 0 spiro atoms. The number of amides is 2.